The van der Waals surface area contributed by atoms with Crippen LogP contribution in [-0.4, -0.2) is 36.6 Å². The molecule has 1 N–H and O–H groups in total. The van der Waals surface area contributed by atoms with Gasteiger partial charge in [0.1, 0.15) is 0 Å². The number of thiazole rings is 1. The predicted octanol–water partition coefficient (Wildman–Crippen LogP) is 4.55. The summed E-state index contributed by atoms with van der Waals surface area (Å²) in [7, 11) is 1.59. The molecule has 0 saturated carbocycles. The van der Waals surface area contributed by atoms with Crippen LogP contribution < -0.4 is 14.9 Å². The summed E-state index contributed by atoms with van der Waals surface area (Å²) in [5.41, 5.74) is 4.30. The van der Waals surface area contributed by atoms with E-state index in [2.05, 4.69) is 38.1 Å². The number of nitrogens with one attached hydrogen (secondary N) is 1. The highest BCUT2D eigenvalue weighted by Gasteiger charge is 2.11. The topological polar surface area (TPSA) is 72.8 Å². The van der Waals surface area contributed by atoms with Gasteiger partial charge in [-0.3, -0.25) is 4.79 Å². The second kappa shape index (κ2) is 10.1. The van der Waals surface area contributed by atoms with Gasteiger partial charge in [0, 0.05) is 0 Å². The van der Waals surface area contributed by atoms with Crippen molar-refractivity contribution in [3.63, 3.8) is 0 Å². The van der Waals surface area contributed by atoms with Gasteiger partial charge < -0.3 is 9.47 Å². The number of amides is 1. The molecule has 146 valence electrons. The minimum absolute atomic E-state index is 0.187. The molecule has 0 bridgehead atoms. The van der Waals surface area contributed by atoms with Crippen LogP contribution >= 0.6 is 45.7 Å². The molecular weight excluding hydrogens is 509 g/mol. The molecule has 0 unspecified atom stereocenters. The first-order valence-electron chi connectivity index (χ1n) is 8.41. The van der Waals surface area contributed by atoms with Gasteiger partial charge in [-0.05, 0) is 59.3 Å². The third-order valence-electron chi connectivity index (χ3n) is 3.54. The van der Waals surface area contributed by atoms with Crippen molar-refractivity contribution < 1.29 is 14.3 Å². The molecule has 0 atom stereocenters. The van der Waals surface area contributed by atoms with E-state index in [4.69, 9.17) is 9.47 Å². The molecule has 0 aliphatic heterocycles. The lowest BCUT2D eigenvalue weighted by Crippen LogP contribution is -2.19. The number of halogens is 1. The predicted molar refractivity (Wildman–Crippen MR) is 123 cm³/mol. The van der Waals surface area contributed by atoms with Crippen molar-refractivity contribution >= 4 is 68.0 Å². The van der Waals surface area contributed by atoms with E-state index in [0.29, 0.717) is 18.1 Å². The third-order valence-corrected chi connectivity index (χ3v) is 6.52. The lowest BCUT2D eigenvalue weighted by molar-refractivity contribution is -0.118. The van der Waals surface area contributed by atoms with Crippen molar-refractivity contribution in [2.45, 2.75) is 11.3 Å². The molecule has 9 heteroatoms. The highest BCUT2D eigenvalue weighted by Crippen LogP contribution is 2.33. The minimum atomic E-state index is -0.187. The smallest absolute Gasteiger partial charge is 0.250 e. The number of para-hydroxylation sites is 1. The zero-order valence-electron chi connectivity index (χ0n) is 15.3. The number of benzene rings is 2. The number of carbonyl (C=O) groups is 1. The van der Waals surface area contributed by atoms with Crippen LogP contribution in [0.5, 0.6) is 11.5 Å². The number of nitrogens with zero attached hydrogens (tertiary/aromatic N) is 2. The fourth-order valence-corrected chi connectivity index (χ4v) is 4.99. The van der Waals surface area contributed by atoms with Crippen molar-refractivity contribution in [3.8, 4) is 11.5 Å². The Morgan fingerprint density at radius 1 is 1.39 bits per heavy atom. The maximum Gasteiger partial charge on any atom is 0.250 e. The number of aromatic nitrogens is 1. The number of ether oxygens (including phenoxy) is 2. The number of carbonyl (C=O) groups excluding carboxylic acids is 1. The van der Waals surface area contributed by atoms with Crippen molar-refractivity contribution in [1.29, 1.82) is 0 Å². The first kappa shape index (κ1) is 20.9. The SMILES string of the molecule is CCOc1c(I)cc(/C=N\NC(=O)CSc2nc3ccccc3s2)cc1OC. The second-order valence-corrected chi connectivity index (χ2v) is 8.91. The molecule has 1 amide bonds. The van der Waals surface area contributed by atoms with Gasteiger partial charge in [-0.1, -0.05) is 23.9 Å². The monoisotopic (exact) mass is 527 g/mol. The van der Waals surface area contributed by atoms with Gasteiger partial charge in [-0.25, -0.2) is 10.4 Å². The summed E-state index contributed by atoms with van der Waals surface area (Å²) in [5.74, 6) is 1.40. The Balaban J connectivity index is 1.56. The fourth-order valence-electron chi connectivity index (χ4n) is 2.35. The largest absolute Gasteiger partial charge is 0.493 e. The van der Waals surface area contributed by atoms with E-state index in [-0.39, 0.29) is 11.7 Å². The van der Waals surface area contributed by atoms with Crippen LogP contribution in [0.15, 0.2) is 45.8 Å². The number of fused-ring (bicyclic) bond motifs is 1. The highest BCUT2D eigenvalue weighted by atomic mass is 127. The Morgan fingerprint density at radius 3 is 2.96 bits per heavy atom. The zero-order chi connectivity index (χ0) is 19.9. The molecule has 2 aromatic carbocycles. The van der Waals surface area contributed by atoms with Gasteiger partial charge in [0.15, 0.2) is 15.8 Å². The first-order valence-corrected chi connectivity index (χ1v) is 11.3. The number of hydrazone groups is 1. The summed E-state index contributed by atoms with van der Waals surface area (Å²) in [6, 6.07) is 11.7. The molecule has 0 aliphatic rings. The maximum absolute atomic E-state index is 12.0. The molecule has 1 aromatic heterocycles. The summed E-state index contributed by atoms with van der Waals surface area (Å²) in [4.78, 5) is 16.5. The van der Waals surface area contributed by atoms with Gasteiger partial charge >= 0.3 is 0 Å². The number of methoxy groups -OCH3 is 1. The van der Waals surface area contributed by atoms with Crippen LogP contribution in [0.3, 0.4) is 0 Å². The summed E-state index contributed by atoms with van der Waals surface area (Å²) in [5, 5.41) is 4.03. The summed E-state index contributed by atoms with van der Waals surface area (Å²) < 4.78 is 13.9. The van der Waals surface area contributed by atoms with Gasteiger partial charge in [0.25, 0.3) is 5.91 Å². The van der Waals surface area contributed by atoms with Crippen LogP contribution in [0.25, 0.3) is 10.2 Å². The minimum Gasteiger partial charge on any atom is -0.493 e. The van der Waals surface area contributed by atoms with Gasteiger partial charge in [-0.2, -0.15) is 5.10 Å². The van der Waals surface area contributed by atoms with Gasteiger partial charge in [-0.15, -0.1) is 11.3 Å². The number of thioether (sulfide) groups is 1. The van der Waals surface area contributed by atoms with Crippen molar-refractivity contribution in [2.75, 3.05) is 19.5 Å². The van der Waals surface area contributed by atoms with Crippen molar-refractivity contribution in [1.82, 2.24) is 10.4 Å². The van der Waals surface area contributed by atoms with Gasteiger partial charge in [0.2, 0.25) is 0 Å². The van der Waals surface area contributed by atoms with Crippen LogP contribution in [0.2, 0.25) is 0 Å². The number of hydrogen-bond donors (Lipinski definition) is 1. The summed E-state index contributed by atoms with van der Waals surface area (Å²) >= 11 is 5.16. The van der Waals surface area contributed by atoms with Crippen LogP contribution in [0, 0.1) is 3.57 Å². The average molecular weight is 527 g/mol. The number of rotatable bonds is 8. The molecule has 0 radical (unpaired) electrons. The van der Waals surface area contributed by atoms with E-state index in [1.807, 2.05) is 43.3 Å². The standard InChI is InChI=1S/C19H18IN3O3S2/c1-3-26-18-13(20)8-12(9-15(18)25-2)10-21-23-17(24)11-27-19-22-14-6-4-5-7-16(14)28-19/h4-10H,3,11H2,1-2H3,(H,23,24)/b21-10-. The molecule has 6 nitrogen and oxygen atoms in total. The summed E-state index contributed by atoms with van der Waals surface area (Å²) in [6.45, 7) is 2.48. The van der Waals surface area contributed by atoms with E-state index in [1.54, 1.807) is 24.7 Å². The van der Waals surface area contributed by atoms with Gasteiger partial charge in [0.05, 0.1) is 39.5 Å². The lowest BCUT2D eigenvalue weighted by atomic mass is 10.2. The average Bonchev–Trinajstić information content (AvgIpc) is 3.11. The van der Waals surface area contributed by atoms with Crippen molar-refractivity contribution in [3.05, 3.63) is 45.5 Å². The lowest BCUT2D eigenvalue weighted by Gasteiger charge is -2.12. The first-order chi connectivity index (χ1) is 13.6. The Morgan fingerprint density at radius 2 is 2.21 bits per heavy atom. The third kappa shape index (κ3) is 5.36. The Hall–Kier alpha value is -1.85. The molecular formula is C19H18IN3O3S2. The Labute approximate surface area is 184 Å². The number of hydrogen-bond acceptors (Lipinski definition) is 7. The molecule has 3 aromatic rings. The normalized spacial score (nSPS) is 11.1. The highest BCUT2D eigenvalue weighted by molar-refractivity contribution is 14.1. The van der Waals surface area contributed by atoms with E-state index in [1.165, 1.54) is 11.8 Å². The quantitative estimate of drug-likeness (QED) is 0.202. The molecule has 28 heavy (non-hydrogen) atoms. The van der Waals surface area contributed by atoms with E-state index >= 15 is 0 Å². The van der Waals surface area contributed by atoms with Crippen LogP contribution in [-0.2, 0) is 4.79 Å². The van der Waals surface area contributed by atoms with E-state index < -0.39 is 0 Å². The fraction of sp³-hybridized carbons (Fsp3) is 0.211. The van der Waals surface area contributed by atoms with Crippen LogP contribution in [0.4, 0.5) is 0 Å². The second-order valence-electron chi connectivity index (χ2n) is 5.50. The van der Waals surface area contributed by atoms with Crippen LogP contribution in [0.1, 0.15) is 12.5 Å². The maximum atomic E-state index is 12.0. The Bertz CT molecular complexity index is 974. The van der Waals surface area contributed by atoms with E-state index in [9.17, 15) is 4.79 Å². The van der Waals surface area contributed by atoms with E-state index in [0.717, 1.165) is 23.7 Å². The summed E-state index contributed by atoms with van der Waals surface area (Å²) in [6.07, 6.45) is 1.58. The molecule has 0 fully saturated rings. The zero-order valence-corrected chi connectivity index (χ0v) is 19.1. The molecule has 0 saturated heterocycles. The Kier molecular flexibility index (Phi) is 7.51. The molecule has 0 aliphatic carbocycles. The molecule has 3 rings (SSSR count). The van der Waals surface area contributed by atoms with Crippen molar-refractivity contribution in [2.24, 2.45) is 5.10 Å². The molecule has 0 spiro atoms. The molecule has 1 heterocycles.